The molecule has 19 heavy (non-hydrogen) atoms. The molecule has 6 heteroatoms. The Morgan fingerprint density at radius 2 is 2.00 bits per heavy atom. The van der Waals surface area contributed by atoms with E-state index in [4.69, 9.17) is 4.74 Å². The van der Waals surface area contributed by atoms with E-state index in [0.717, 1.165) is 6.07 Å². The second-order valence-corrected chi connectivity index (χ2v) is 4.44. The van der Waals surface area contributed by atoms with Crippen LogP contribution < -0.4 is 0 Å². The van der Waals surface area contributed by atoms with Crippen LogP contribution in [0.5, 0.6) is 0 Å². The first-order valence-corrected chi connectivity index (χ1v) is 5.94. The molecule has 0 atom stereocenters. The minimum Gasteiger partial charge on any atom is -0.462 e. The third kappa shape index (κ3) is 3.45. The molecule has 1 aromatic heterocycles. The molecule has 1 aromatic rings. The highest BCUT2D eigenvalue weighted by Gasteiger charge is 2.38. The molecule has 106 valence electrons. The lowest BCUT2D eigenvalue weighted by Gasteiger charge is -2.18. The molecule has 0 bridgehead atoms. The summed E-state index contributed by atoms with van der Waals surface area (Å²) in [6, 6.07) is 0.873. The second kappa shape index (κ2) is 5.59. The summed E-state index contributed by atoms with van der Waals surface area (Å²) >= 11 is 0. The summed E-state index contributed by atoms with van der Waals surface area (Å²) in [4.78, 5) is 15.8. The topological polar surface area (TPSA) is 39.2 Å². The van der Waals surface area contributed by atoms with Crippen LogP contribution in [0.4, 0.5) is 13.2 Å². The Morgan fingerprint density at radius 3 is 2.42 bits per heavy atom. The van der Waals surface area contributed by atoms with Crippen LogP contribution >= 0.6 is 0 Å². The molecule has 0 aliphatic carbocycles. The zero-order valence-electron chi connectivity index (χ0n) is 11.3. The maximum Gasteiger partial charge on any atom is 0.417 e. The van der Waals surface area contributed by atoms with Crippen LogP contribution in [-0.4, -0.2) is 17.6 Å². The molecule has 1 heterocycles. The summed E-state index contributed by atoms with van der Waals surface area (Å²) in [7, 11) is 0. The Labute approximate surface area is 109 Å². The number of carbonyl (C=O) groups excluding carboxylic acids is 1. The molecule has 0 aliphatic rings. The average molecular weight is 275 g/mol. The van der Waals surface area contributed by atoms with Gasteiger partial charge in [-0.15, -0.1) is 0 Å². The number of nitrogens with zero attached hydrogens (tertiary/aromatic N) is 1. The molecular formula is C13H16F3NO2. The number of hydrogen-bond acceptors (Lipinski definition) is 3. The highest BCUT2D eigenvalue weighted by molar-refractivity contribution is 5.92. The van der Waals surface area contributed by atoms with Gasteiger partial charge in [-0.05, 0) is 25.8 Å². The van der Waals surface area contributed by atoms with Crippen molar-refractivity contribution in [1.82, 2.24) is 4.98 Å². The highest BCUT2D eigenvalue weighted by atomic mass is 19.4. The van der Waals surface area contributed by atoms with Gasteiger partial charge in [-0.2, -0.15) is 13.2 Å². The number of halogens is 3. The van der Waals surface area contributed by atoms with Gasteiger partial charge in [0, 0.05) is 5.69 Å². The molecule has 0 fully saturated rings. The van der Waals surface area contributed by atoms with Gasteiger partial charge >= 0.3 is 12.1 Å². The van der Waals surface area contributed by atoms with Gasteiger partial charge in [0.2, 0.25) is 0 Å². The van der Waals surface area contributed by atoms with E-state index in [1.807, 2.05) is 0 Å². The van der Waals surface area contributed by atoms with E-state index < -0.39 is 23.3 Å². The van der Waals surface area contributed by atoms with E-state index in [0.29, 0.717) is 0 Å². The van der Waals surface area contributed by atoms with Crippen molar-refractivity contribution < 1.29 is 22.7 Å². The van der Waals surface area contributed by atoms with Crippen molar-refractivity contribution in [3.63, 3.8) is 0 Å². The summed E-state index contributed by atoms with van der Waals surface area (Å²) in [6.07, 6.45) is -4.61. The van der Waals surface area contributed by atoms with Crippen LogP contribution in [0.1, 0.15) is 54.0 Å². The van der Waals surface area contributed by atoms with Crippen molar-refractivity contribution in [3.05, 3.63) is 28.6 Å². The van der Waals surface area contributed by atoms with E-state index in [-0.39, 0.29) is 23.9 Å². The Bertz CT molecular complexity index is 482. The lowest BCUT2D eigenvalue weighted by molar-refractivity contribution is -0.138. The summed E-state index contributed by atoms with van der Waals surface area (Å²) < 4.78 is 43.8. The second-order valence-electron chi connectivity index (χ2n) is 4.44. The SMILES string of the molecule is CCOC(=O)c1c(C(F)(F)F)cc(C)nc1C(C)C. The molecule has 0 saturated heterocycles. The largest absolute Gasteiger partial charge is 0.462 e. The van der Waals surface area contributed by atoms with Crippen molar-refractivity contribution in [2.45, 2.75) is 39.8 Å². The molecule has 1 rings (SSSR count). The van der Waals surface area contributed by atoms with Crippen molar-refractivity contribution >= 4 is 5.97 Å². The van der Waals surface area contributed by atoms with E-state index >= 15 is 0 Å². The first kappa shape index (κ1) is 15.5. The minimum atomic E-state index is -4.61. The third-order valence-electron chi connectivity index (χ3n) is 2.51. The molecular weight excluding hydrogens is 259 g/mol. The van der Waals surface area contributed by atoms with E-state index in [1.54, 1.807) is 20.8 Å². The van der Waals surface area contributed by atoms with Crippen molar-refractivity contribution in [2.75, 3.05) is 6.61 Å². The number of alkyl halides is 3. The smallest absolute Gasteiger partial charge is 0.417 e. The Balaban J connectivity index is 3.57. The van der Waals surface area contributed by atoms with E-state index in [2.05, 4.69) is 4.98 Å². The monoisotopic (exact) mass is 275 g/mol. The molecule has 0 amide bonds. The molecule has 0 N–H and O–H groups in total. The van der Waals surface area contributed by atoms with Gasteiger partial charge in [-0.3, -0.25) is 4.98 Å². The molecule has 0 saturated carbocycles. The summed E-state index contributed by atoms with van der Waals surface area (Å²) in [5.74, 6) is -1.29. The number of aryl methyl sites for hydroxylation is 1. The van der Waals surface area contributed by atoms with Gasteiger partial charge in [0.15, 0.2) is 0 Å². The molecule has 3 nitrogen and oxygen atoms in total. The lowest BCUT2D eigenvalue weighted by Crippen LogP contribution is -2.20. The molecule has 0 aromatic carbocycles. The Hall–Kier alpha value is -1.59. The van der Waals surface area contributed by atoms with Gasteiger partial charge in [0.05, 0.1) is 23.4 Å². The van der Waals surface area contributed by atoms with Crippen LogP contribution in [-0.2, 0) is 10.9 Å². The molecule has 0 spiro atoms. The first-order chi connectivity index (χ1) is 8.68. The summed E-state index contributed by atoms with van der Waals surface area (Å²) in [5, 5.41) is 0. The van der Waals surface area contributed by atoms with Gasteiger partial charge in [0.25, 0.3) is 0 Å². The van der Waals surface area contributed by atoms with E-state index in [1.165, 1.54) is 6.92 Å². The average Bonchev–Trinajstić information content (AvgIpc) is 2.26. The summed E-state index contributed by atoms with van der Waals surface area (Å²) in [5.41, 5.74) is -1.12. The fourth-order valence-corrected chi connectivity index (χ4v) is 1.76. The predicted octanol–water partition coefficient (Wildman–Crippen LogP) is 3.71. The van der Waals surface area contributed by atoms with Crippen LogP contribution in [0, 0.1) is 6.92 Å². The maximum atomic E-state index is 13.0. The zero-order valence-corrected chi connectivity index (χ0v) is 11.3. The number of ether oxygens (including phenoxy) is 1. The zero-order chi connectivity index (χ0) is 14.8. The fourth-order valence-electron chi connectivity index (χ4n) is 1.76. The van der Waals surface area contributed by atoms with Crippen LogP contribution in [0.3, 0.4) is 0 Å². The van der Waals surface area contributed by atoms with Crippen LogP contribution in [0.15, 0.2) is 6.07 Å². The number of pyridine rings is 1. The molecule has 0 aliphatic heterocycles. The number of hydrogen-bond donors (Lipinski definition) is 0. The highest BCUT2D eigenvalue weighted by Crippen LogP contribution is 2.35. The normalized spacial score (nSPS) is 11.8. The lowest BCUT2D eigenvalue weighted by atomic mass is 9.97. The quantitative estimate of drug-likeness (QED) is 0.789. The van der Waals surface area contributed by atoms with Crippen molar-refractivity contribution in [2.24, 2.45) is 0 Å². The van der Waals surface area contributed by atoms with Crippen LogP contribution in [0.25, 0.3) is 0 Å². The number of rotatable bonds is 3. The predicted molar refractivity (Wildman–Crippen MR) is 64.0 cm³/mol. The van der Waals surface area contributed by atoms with E-state index in [9.17, 15) is 18.0 Å². The number of carbonyl (C=O) groups is 1. The first-order valence-electron chi connectivity index (χ1n) is 5.94. The van der Waals surface area contributed by atoms with Gasteiger partial charge in [-0.1, -0.05) is 13.8 Å². The standard InChI is InChI=1S/C13H16F3NO2/c1-5-19-12(18)10-9(13(14,15)16)6-8(4)17-11(10)7(2)3/h6-7H,5H2,1-4H3. The van der Waals surface area contributed by atoms with Crippen LogP contribution in [0.2, 0.25) is 0 Å². The van der Waals surface area contributed by atoms with Crippen molar-refractivity contribution in [3.8, 4) is 0 Å². The Kier molecular flexibility index (Phi) is 4.55. The van der Waals surface area contributed by atoms with Gasteiger partial charge in [-0.25, -0.2) is 4.79 Å². The Morgan fingerprint density at radius 1 is 1.42 bits per heavy atom. The molecule has 0 unspecified atom stereocenters. The fraction of sp³-hybridized carbons (Fsp3) is 0.538. The van der Waals surface area contributed by atoms with Gasteiger partial charge < -0.3 is 4.74 Å². The molecule has 0 radical (unpaired) electrons. The van der Waals surface area contributed by atoms with Gasteiger partial charge in [0.1, 0.15) is 0 Å². The number of esters is 1. The minimum absolute atomic E-state index is 0.0154. The summed E-state index contributed by atoms with van der Waals surface area (Å²) in [6.45, 7) is 6.40. The van der Waals surface area contributed by atoms with Crippen molar-refractivity contribution in [1.29, 1.82) is 0 Å². The number of aromatic nitrogens is 1. The third-order valence-corrected chi connectivity index (χ3v) is 2.51. The maximum absolute atomic E-state index is 13.0.